The number of hydrogen-bond donors (Lipinski definition) is 1. The molecule has 1 rings (SSSR count). The van der Waals surface area contributed by atoms with Crippen molar-refractivity contribution in [3.63, 3.8) is 0 Å². The summed E-state index contributed by atoms with van der Waals surface area (Å²) in [6.45, 7) is 4.91. The molecule has 92 valence electrons. The number of nitrogens with one attached hydrogen (secondary N) is 1. The van der Waals surface area contributed by atoms with Gasteiger partial charge in [-0.05, 0) is 18.2 Å². The maximum atomic E-state index is 8.52. The molecule has 4 nitrogen and oxygen atoms in total. The number of nitrogens with zero attached hydrogens (tertiary/aromatic N) is 1. The standard InChI is InChI=1S/C13H18N2O2/c1-10(2)15-9-11-8-12(16-3)4-5-13(11)17-7-6-14/h4-5,8,10,15H,7,9H2,1-3H3. The summed E-state index contributed by atoms with van der Waals surface area (Å²) >= 11 is 0. The van der Waals surface area contributed by atoms with Crippen LogP contribution in [0, 0.1) is 11.3 Å². The van der Waals surface area contributed by atoms with Crippen LogP contribution in [-0.2, 0) is 6.54 Å². The highest BCUT2D eigenvalue weighted by atomic mass is 16.5. The first-order chi connectivity index (χ1) is 8.17. The zero-order valence-electron chi connectivity index (χ0n) is 10.5. The summed E-state index contributed by atoms with van der Waals surface area (Å²) in [6.07, 6.45) is 0. The van der Waals surface area contributed by atoms with Gasteiger partial charge in [-0.1, -0.05) is 13.8 Å². The predicted octanol–water partition coefficient (Wildman–Crippen LogP) is 2.10. The fourth-order valence-corrected chi connectivity index (χ4v) is 1.39. The van der Waals surface area contributed by atoms with E-state index in [1.54, 1.807) is 7.11 Å². The second-order valence-electron chi connectivity index (χ2n) is 3.96. The topological polar surface area (TPSA) is 54.3 Å². The van der Waals surface area contributed by atoms with Crippen LogP contribution < -0.4 is 14.8 Å². The van der Waals surface area contributed by atoms with Crippen molar-refractivity contribution in [1.82, 2.24) is 5.32 Å². The van der Waals surface area contributed by atoms with Gasteiger partial charge in [0.05, 0.1) is 7.11 Å². The number of rotatable bonds is 6. The van der Waals surface area contributed by atoms with E-state index in [2.05, 4.69) is 19.2 Å². The Hall–Kier alpha value is -1.73. The van der Waals surface area contributed by atoms with E-state index >= 15 is 0 Å². The van der Waals surface area contributed by atoms with Crippen LogP contribution in [0.1, 0.15) is 19.4 Å². The normalized spacial score (nSPS) is 10.1. The van der Waals surface area contributed by atoms with E-state index in [0.717, 1.165) is 17.1 Å². The molecule has 1 aromatic carbocycles. The molecule has 0 saturated heterocycles. The summed E-state index contributed by atoms with van der Waals surface area (Å²) in [5.41, 5.74) is 0.994. The third-order valence-corrected chi connectivity index (χ3v) is 2.26. The molecule has 0 aliphatic heterocycles. The minimum atomic E-state index is 0.0566. The van der Waals surface area contributed by atoms with Crippen molar-refractivity contribution < 1.29 is 9.47 Å². The third-order valence-electron chi connectivity index (χ3n) is 2.26. The van der Waals surface area contributed by atoms with Crippen LogP contribution in [0.25, 0.3) is 0 Å². The minimum absolute atomic E-state index is 0.0566. The smallest absolute Gasteiger partial charge is 0.174 e. The molecule has 0 atom stereocenters. The molecule has 17 heavy (non-hydrogen) atoms. The molecule has 0 bridgehead atoms. The molecule has 0 unspecified atom stereocenters. The number of hydrogen-bond acceptors (Lipinski definition) is 4. The molecule has 0 fully saturated rings. The van der Waals surface area contributed by atoms with Gasteiger partial charge in [-0.15, -0.1) is 0 Å². The molecule has 0 saturated carbocycles. The Kier molecular flexibility index (Phi) is 5.31. The Morgan fingerprint density at radius 1 is 1.41 bits per heavy atom. The van der Waals surface area contributed by atoms with Crippen LogP contribution >= 0.6 is 0 Å². The van der Waals surface area contributed by atoms with Crippen molar-refractivity contribution in [1.29, 1.82) is 5.26 Å². The van der Waals surface area contributed by atoms with Crippen LogP contribution in [0.4, 0.5) is 0 Å². The lowest BCUT2D eigenvalue weighted by Crippen LogP contribution is -2.22. The van der Waals surface area contributed by atoms with E-state index in [0.29, 0.717) is 12.6 Å². The van der Waals surface area contributed by atoms with E-state index in [-0.39, 0.29) is 6.61 Å². The summed E-state index contributed by atoms with van der Waals surface area (Å²) in [7, 11) is 1.63. The van der Waals surface area contributed by atoms with Crippen LogP contribution in [0.3, 0.4) is 0 Å². The summed E-state index contributed by atoms with van der Waals surface area (Å²) in [4.78, 5) is 0. The van der Waals surface area contributed by atoms with Crippen molar-refractivity contribution in [2.45, 2.75) is 26.4 Å². The fraction of sp³-hybridized carbons (Fsp3) is 0.462. The molecule has 0 aromatic heterocycles. The minimum Gasteiger partial charge on any atom is -0.497 e. The molecule has 0 radical (unpaired) electrons. The Bertz CT molecular complexity index is 397. The highest BCUT2D eigenvalue weighted by Gasteiger charge is 2.06. The second kappa shape index (κ2) is 6.77. The van der Waals surface area contributed by atoms with Crippen LogP contribution in [0.5, 0.6) is 11.5 Å². The van der Waals surface area contributed by atoms with Gasteiger partial charge in [0.25, 0.3) is 0 Å². The maximum Gasteiger partial charge on any atom is 0.174 e. The second-order valence-corrected chi connectivity index (χ2v) is 3.96. The van der Waals surface area contributed by atoms with Gasteiger partial charge in [0.2, 0.25) is 0 Å². The summed E-state index contributed by atoms with van der Waals surface area (Å²) < 4.78 is 10.5. The van der Waals surface area contributed by atoms with E-state index in [9.17, 15) is 0 Å². The van der Waals surface area contributed by atoms with Crippen molar-refractivity contribution in [3.05, 3.63) is 23.8 Å². The average molecular weight is 234 g/mol. The van der Waals surface area contributed by atoms with Gasteiger partial charge in [-0.3, -0.25) is 0 Å². The van der Waals surface area contributed by atoms with Gasteiger partial charge in [0.15, 0.2) is 6.61 Å². The Morgan fingerprint density at radius 3 is 2.76 bits per heavy atom. The van der Waals surface area contributed by atoms with Crippen LogP contribution in [0.15, 0.2) is 18.2 Å². The highest BCUT2D eigenvalue weighted by Crippen LogP contribution is 2.24. The number of methoxy groups -OCH3 is 1. The summed E-state index contributed by atoms with van der Waals surface area (Å²) in [5, 5.41) is 11.8. The average Bonchev–Trinajstić information content (AvgIpc) is 2.34. The number of ether oxygens (including phenoxy) is 2. The van der Waals surface area contributed by atoms with Crippen molar-refractivity contribution in [3.8, 4) is 17.6 Å². The van der Waals surface area contributed by atoms with Gasteiger partial charge in [-0.2, -0.15) is 5.26 Å². The van der Waals surface area contributed by atoms with E-state index in [1.807, 2.05) is 24.3 Å². The molecule has 0 heterocycles. The van der Waals surface area contributed by atoms with Gasteiger partial charge in [0, 0.05) is 18.2 Å². The lowest BCUT2D eigenvalue weighted by atomic mass is 10.1. The number of benzene rings is 1. The first-order valence-electron chi connectivity index (χ1n) is 5.57. The SMILES string of the molecule is COc1ccc(OCC#N)c(CNC(C)C)c1. The zero-order chi connectivity index (χ0) is 12.7. The Labute approximate surface area is 102 Å². The maximum absolute atomic E-state index is 8.52. The molecule has 4 heteroatoms. The van der Waals surface area contributed by atoms with Gasteiger partial charge in [-0.25, -0.2) is 0 Å². The van der Waals surface area contributed by atoms with Gasteiger partial charge < -0.3 is 14.8 Å². The molecule has 1 aromatic rings. The quantitative estimate of drug-likeness (QED) is 0.819. The van der Waals surface area contributed by atoms with Crippen molar-refractivity contribution in [2.24, 2.45) is 0 Å². The predicted molar refractivity (Wildman–Crippen MR) is 66.1 cm³/mol. The van der Waals surface area contributed by atoms with Gasteiger partial charge in [0.1, 0.15) is 17.6 Å². The summed E-state index contributed by atoms with van der Waals surface area (Å²) in [6, 6.07) is 7.93. The molecule has 0 aliphatic rings. The highest BCUT2D eigenvalue weighted by molar-refractivity contribution is 5.40. The lowest BCUT2D eigenvalue weighted by Gasteiger charge is -2.13. The first-order valence-corrected chi connectivity index (χ1v) is 5.57. The summed E-state index contributed by atoms with van der Waals surface area (Å²) in [5.74, 6) is 1.51. The molecule has 0 aliphatic carbocycles. The van der Waals surface area contributed by atoms with Crippen molar-refractivity contribution >= 4 is 0 Å². The van der Waals surface area contributed by atoms with E-state index in [4.69, 9.17) is 14.7 Å². The molecule has 0 spiro atoms. The third kappa shape index (κ3) is 4.33. The van der Waals surface area contributed by atoms with E-state index in [1.165, 1.54) is 0 Å². The zero-order valence-corrected chi connectivity index (χ0v) is 10.5. The Balaban J connectivity index is 2.83. The first kappa shape index (κ1) is 13.3. The molecular weight excluding hydrogens is 216 g/mol. The van der Waals surface area contributed by atoms with Crippen LogP contribution in [0.2, 0.25) is 0 Å². The largest absolute Gasteiger partial charge is 0.497 e. The van der Waals surface area contributed by atoms with Crippen LogP contribution in [-0.4, -0.2) is 19.8 Å². The number of nitriles is 1. The Morgan fingerprint density at radius 2 is 2.18 bits per heavy atom. The lowest BCUT2D eigenvalue weighted by molar-refractivity contribution is 0.359. The van der Waals surface area contributed by atoms with Gasteiger partial charge >= 0.3 is 0 Å². The fourth-order valence-electron chi connectivity index (χ4n) is 1.39. The van der Waals surface area contributed by atoms with Crippen molar-refractivity contribution in [2.75, 3.05) is 13.7 Å². The van der Waals surface area contributed by atoms with E-state index < -0.39 is 0 Å². The monoisotopic (exact) mass is 234 g/mol. The molecular formula is C13H18N2O2. The molecule has 1 N–H and O–H groups in total. The molecule has 0 amide bonds.